The van der Waals surface area contributed by atoms with Crippen molar-refractivity contribution in [2.75, 3.05) is 36.2 Å². The number of hydrogen-bond acceptors (Lipinski definition) is 7. The average Bonchev–Trinajstić information content (AvgIpc) is 3.43. The quantitative estimate of drug-likeness (QED) is 0.255. The molecule has 2 aliphatic heterocycles. The molecule has 4 rings (SSSR count). The Balaban J connectivity index is 0.00000294. The highest BCUT2D eigenvalue weighted by Gasteiger charge is 2.27. The number of likely N-dealkylation sites (tertiary alicyclic amines) is 1. The molecule has 0 radical (unpaired) electrons. The second-order valence-corrected chi connectivity index (χ2v) is 11.7. The number of piperidine rings is 1. The van der Waals surface area contributed by atoms with Crippen molar-refractivity contribution in [1.29, 1.82) is 5.41 Å². The number of nitrogens with zero attached hydrogens (tertiary/aromatic N) is 3. The Morgan fingerprint density at radius 2 is 1.95 bits per heavy atom. The third kappa shape index (κ3) is 9.26. The Morgan fingerprint density at radius 1 is 1.22 bits per heavy atom. The van der Waals surface area contributed by atoms with Gasteiger partial charge in [0.2, 0.25) is 10.0 Å². The zero-order chi connectivity index (χ0) is 28.0. The van der Waals surface area contributed by atoms with Crippen LogP contribution in [0.5, 0.6) is 5.75 Å². The number of nitrogens with one attached hydrogen (secondary N) is 1. The highest BCUT2D eigenvalue weighted by atomic mass is 35.5. The Bertz CT molecular complexity index is 1400. The maximum Gasteiger partial charge on any atom is 0.320 e. The van der Waals surface area contributed by atoms with E-state index in [-0.39, 0.29) is 54.0 Å². The van der Waals surface area contributed by atoms with Gasteiger partial charge in [0.15, 0.2) is 5.75 Å². The molecule has 0 amide bonds. The molecule has 14 heteroatoms. The summed E-state index contributed by atoms with van der Waals surface area (Å²) in [7, 11) is -4.21. The number of aliphatic carboxylic acids is 1. The summed E-state index contributed by atoms with van der Waals surface area (Å²) in [6, 6.07) is 11.6. The molecule has 2 heterocycles. The number of halogens is 3. The van der Waals surface area contributed by atoms with Crippen molar-refractivity contribution in [1.82, 2.24) is 4.90 Å². The van der Waals surface area contributed by atoms with Crippen LogP contribution in [0.4, 0.5) is 5.69 Å². The van der Waals surface area contributed by atoms with Crippen molar-refractivity contribution in [2.45, 2.75) is 31.8 Å². The molecule has 0 aliphatic carbocycles. The number of amidine groups is 2. The number of carboxylic acids is 1. The van der Waals surface area contributed by atoms with Crippen LogP contribution in [0.2, 0.25) is 5.02 Å². The van der Waals surface area contributed by atoms with Crippen molar-refractivity contribution < 1.29 is 23.1 Å². The minimum atomic E-state index is -4.21. The number of nitrogen functional groups attached to an aromatic ring is 1. The third-order valence-corrected chi connectivity index (χ3v) is 8.52. The second-order valence-electron chi connectivity index (χ2n) is 9.44. The predicted octanol–water partition coefficient (Wildman–Crippen LogP) is 4.44. The van der Waals surface area contributed by atoms with Crippen LogP contribution < -0.4 is 14.8 Å². The van der Waals surface area contributed by atoms with Crippen molar-refractivity contribution in [3.05, 3.63) is 64.7 Å². The number of carbonyl (C=O) groups is 1. The molecule has 10 nitrogen and oxygen atoms in total. The molecule has 0 unspecified atom stereocenters. The van der Waals surface area contributed by atoms with E-state index >= 15 is 0 Å². The number of hydrogen-bond donors (Lipinski definition) is 3. The van der Waals surface area contributed by atoms with E-state index in [2.05, 4.69) is 9.89 Å². The lowest BCUT2D eigenvalue weighted by atomic mass is 10.1. The van der Waals surface area contributed by atoms with Crippen LogP contribution in [0.1, 0.15) is 36.8 Å². The van der Waals surface area contributed by atoms with Gasteiger partial charge in [0, 0.05) is 44.5 Å². The van der Waals surface area contributed by atoms with Crippen molar-refractivity contribution in [3.8, 4) is 5.75 Å². The predicted molar refractivity (Wildman–Crippen MR) is 168 cm³/mol. The second kappa shape index (κ2) is 15.3. The summed E-state index contributed by atoms with van der Waals surface area (Å²) >= 11 is 6.52. The number of carboxylic acid groups (broad SMARTS) is 1. The van der Waals surface area contributed by atoms with Crippen LogP contribution in [-0.2, 0) is 14.8 Å². The molecule has 1 saturated heterocycles. The van der Waals surface area contributed by atoms with Gasteiger partial charge in [-0.1, -0.05) is 42.0 Å². The molecule has 4 N–H and O–H groups in total. The van der Waals surface area contributed by atoms with E-state index in [1.54, 1.807) is 48.6 Å². The third-order valence-electron chi connectivity index (χ3n) is 6.58. The summed E-state index contributed by atoms with van der Waals surface area (Å²) in [5.41, 5.74) is 7.02. The number of sulfonamides is 1. The highest BCUT2D eigenvalue weighted by Crippen LogP contribution is 2.33. The fourth-order valence-electron chi connectivity index (χ4n) is 4.64. The number of aliphatic imine (C=N–C) groups is 1. The van der Waals surface area contributed by atoms with E-state index in [0.717, 1.165) is 49.6 Å². The molecule has 2 aromatic carbocycles. The fraction of sp³-hybridized carbons (Fsp3) is 0.370. The molecule has 224 valence electrons. The van der Waals surface area contributed by atoms with Crippen LogP contribution in [0.3, 0.4) is 0 Å². The summed E-state index contributed by atoms with van der Waals surface area (Å²) in [6.45, 7) is 2.50. The zero-order valence-corrected chi connectivity index (χ0v) is 25.4. The fourth-order valence-corrected chi connectivity index (χ4v) is 6.08. The van der Waals surface area contributed by atoms with Crippen LogP contribution in [0, 0.1) is 5.41 Å². The first-order valence-electron chi connectivity index (χ1n) is 12.7. The van der Waals surface area contributed by atoms with E-state index in [4.69, 9.17) is 27.5 Å². The Labute approximate surface area is 257 Å². The molecule has 0 bridgehead atoms. The number of benzene rings is 2. The topological polar surface area (TPSA) is 149 Å². The molecule has 0 aromatic heterocycles. The Kier molecular flexibility index (Phi) is 12.8. The normalized spacial score (nSPS) is 15.5. The first kappa shape index (κ1) is 34.2. The van der Waals surface area contributed by atoms with Gasteiger partial charge >= 0.3 is 5.97 Å². The lowest BCUT2D eigenvalue weighted by Gasteiger charge is -2.33. The van der Waals surface area contributed by atoms with Crippen molar-refractivity contribution >= 4 is 75.8 Å². The molecule has 0 saturated carbocycles. The number of anilines is 1. The van der Waals surface area contributed by atoms with E-state index in [9.17, 15) is 18.3 Å². The first-order chi connectivity index (χ1) is 18.6. The summed E-state index contributed by atoms with van der Waals surface area (Å²) in [5.74, 6) is -0.982. The Hall–Kier alpha value is -2.99. The largest absolute Gasteiger partial charge is 0.489 e. The van der Waals surface area contributed by atoms with Crippen LogP contribution >= 0.6 is 36.4 Å². The summed E-state index contributed by atoms with van der Waals surface area (Å²) in [5, 5.41) is 17.0. The SMILES string of the molecule is Cl.Cl.N=C(N)c1cccc(/C=C/CN(c2ccc(OC3CCN(C4=NCCC4)CC3)c(Cl)c2)S(=O)(=O)CC(=O)O)c1. The molecule has 41 heavy (non-hydrogen) atoms. The smallest absolute Gasteiger partial charge is 0.320 e. The lowest BCUT2D eigenvalue weighted by Crippen LogP contribution is -2.41. The highest BCUT2D eigenvalue weighted by molar-refractivity contribution is 7.93. The summed E-state index contributed by atoms with van der Waals surface area (Å²) in [4.78, 5) is 18.2. The molecule has 0 atom stereocenters. The van der Waals surface area contributed by atoms with Gasteiger partial charge in [-0.25, -0.2) is 8.42 Å². The van der Waals surface area contributed by atoms with E-state index in [1.165, 1.54) is 11.9 Å². The minimum Gasteiger partial charge on any atom is -0.489 e. The zero-order valence-electron chi connectivity index (χ0n) is 22.2. The van der Waals surface area contributed by atoms with Gasteiger partial charge in [0.25, 0.3) is 0 Å². The maximum absolute atomic E-state index is 13.0. The van der Waals surface area contributed by atoms with Gasteiger partial charge in [-0.2, -0.15) is 0 Å². The van der Waals surface area contributed by atoms with Crippen LogP contribution in [-0.4, -0.2) is 74.1 Å². The average molecular weight is 647 g/mol. The van der Waals surface area contributed by atoms with Gasteiger partial charge in [-0.3, -0.25) is 19.5 Å². The monoisotopic (exact) mass is 645 g/mol. The van der Waals surface area contributed by atoms with Crippen LogP contribution in [0.25, 0.3) is 6.08 Å². The summed E-state index contributed by atoms with van der Waals surface area (Å²) in [6.07, 6.45) is 7.04. The van der Waals surface area contributed by atoms with E-state index in [1.807, 2.05) is 0 Å². The number of nitrogens with two attached hydrogens (primary N) is 1. The van der Waals surface area contributed by atoms with Gasteiger partial charge in [0.05, 0.1) is 23.1 Å². The van der Waals surface area contributed by atoms with Crippen molar-refractivity contribution in [2.24, 2.45) is 10.7 Å². The number of ether oxygens (including phenoxy) is 1. The Morgan fingerprint density at radius 3 is 2.56 bits per heavy atom. The minimum absolute atomic E-state index is 0. The lowest BCUT2D eigenvalue weighted by molar-refractivity contribution is -0.134. The molecule has 2 aliphatic rings. The van der Waals surface area contributed by atoms with Crippen molar-refractivity contribution in [3.63, 3.8) is 0 Å². The van der Waals surface area contributed by atoms with Crippen LogP contribution in [0.15, 0.2) is 53.5 Å². The van der Waals surface area contributed by atoms with E-state index in [0.29, 0.717) is 16.9 Å². The standard InChI is InChI=1S/C27H32ClN5O5S.2ClH/c28-23-17-21(8-9-24(23)38-22-10-14-32(15-11-22)25-7-2-12-31-25)33(39(36,37)18-26(34)35)13-3-5-19-4-1-6-20(16-19)27(29)30;;/h1,3-6,8-9,16-17,22H,2,7,10-15,18H2,(H3,29,30)(H,34,35);2*1H/b5-3+;;. The summed E-state index contributed by atoms with van der Waals surface area (Å²) < 4.78 is 33.1. The molecule has 0 spiro atoms. The van der Waals surface area contributed by atoms with Gasteiger partial charge < -0.3 is 20.5 Å². The van der Waals surface area contributed by atoms with E-state index < -0.39 is 21.7 Å². The molecule has 2 aromatic rings. The van der Waals surface area contributed by atoms with Gasteiger partial charge in [0.1, 0.15) is 17.7 Å². The number of rotatable bonds is 10. The molecular weight excluding hydrogens is 613 g/mol. The maximum atomic E-state index is 13.0. The van der Waals surface area contributed by atoms with Gasteiger partial charge in [-0.15, -0.1) is 24.8 Å². The van der Waals surface area contributed by atoms with Gasteiger partial charge in [-0.05, 0) is 36.2 Å². The molecule has 1 fully saturated rings. The first-order valence-corrected chi connectivity index (χ1v) is 14.7. The molecular formula is C27H34Cl3N5O5S.